The molecule has 0 bridgehead atoms. The lowest BCUT2D eigenvalue weighted by Gasteiger charge is -2.39. The summed E-state index contributed by atoms with van der Waals surface area (Å²) in [5.74, 6) is -0.958. The van der Waals surface area contributed by atoms with Gasteiger partial charge >= 0.3 is 12.1 Å². The molecule has 2 unspecified atom stereocenters. The Labute approximate surface area is 172 Å². The highest BCUT2D eigenvalue weighted by molar-refractivity contribution is 5.79. The second-order valence-corrected chi connectivity index (χ2v) is 7.57. The van der Waals surface area contributed by atoms with Crippen molar-refractivity contribution in [3.63, 3.8) is 0 Å². The van der Waals surface area contributed by atoms with Crippen LogP contribution in [0.1, 0.15) is 42.0 Å². The summed E-state index contributed by atoms with van der Waals surface area (Å²) >= 11 is 0. The largest absolute Gasteiger partial charge is 0.480 e. The Balaban J connectivity index is 1.87. The molecule has 4 nitrogen and oxygen atoms in total. The molecule has 7 heteroatoms. The van der Waals surface area contributed by atoms with Gasteiger partial charge in [-0.2, -0.15) is 13.2 Å². The van der Waals surface area contributed by atoms with Crippen molar-refractivity contribution in [3.8, 4) is 0 Å². The number of rotatable bonds is 4. The fourth-order valence-electron chi connectivity index (χ4n) is 4.23. The van der Waals surface area contributed by atoms with Crippen LogP contribution in [0.25, 0.3) is 10.9 Å². The number of carbonyl (C=O) groups is 1. The molecule has 1 fully saturated rings. The Hall–Kier alpha value is -2.93. The summed E-state index contributed by atoms with van der Waals surface area (Å²) in [7, 11) is 0. The molecule has 0 saturated carbocycles. The van der Waals surface area contributed by atoms with E-state index in [1.807, 2.05) is 30.3 Å². The monoisotopic (exact) mass is 414 g/mol. The smallest absolute Gasteiger partial charge is 0.416 e. The Morgan fingerprint density at radius 1 is 1.07 bits per heavy atom. The van der Waals surface area contributed by atoms with Gasteiger partial charge in [0.2, 0.25) is 0 Å². The van der Waals surface area contributed by atoms with E-state index in [0.717, 1.165) is 35.9 Å². The van der Waals surface area contributed by atoms with Gasteiger partial charge in [0.15, 0.2) is 0 Å². The summed E-state index contributed by atoms with van der Waals surface area (Å²) in [6.45, 7) is 0.491. The van der Waals surface area contributed by atoms with E-state index in [1.54, 1.807) is 17.2 Å². The van der Waals surface area contributed by atoms with Crippen LogP contribution in [-0.2, 0) is 11.0 Å². The topological polar surface area (TPSA) is 53.4 Å². The van der Waals surface area contributed by atoms with E-state index >= 15 is 0 Å². The van der Waals surface area contributed by atoms with E-state index in [-0.39, 0.29) is 0 Å². The number of para-hydroxylation sites is 1. The van der Waals surface area contributed by atoms with Crippen LogP contribution in [0.4, 0.5) is 13.2 Å². The van der Waals surface area contributed by atoms with Crippen molar-refractivity contribution in [2.75, 3.05) is 6.54 Å². The fourth-order valence-corrected chi connectivity index (χ4v) is 4.23. The molecule has 30 heavy (non-hydrogen) atoms. The minimum Gasteiger partial charge on any atom is -0.480 e. The zero-order valence-electron chi connectivity index (χ0n) is 16.1. The molecule has 3 aromatic rings. The molecular weight excluding hydrogens is 393 g/mol. The molecule has 2 atom stereocenters. The molecular formula is C23H21F3N2O2. The number of aromatic nitrogens is 1. The van der Waals surface area contributed by atoms with Gasteiger partial charge in [0.1, 0.15) is 6.04 Å². The van der Waals surface area contributed by atoms with Crippen LogP contribution < -0.4 is 0 Å². The van der Waals surface area contributed by atoms with Crippen molar-refractivity contribution in [2.45, 2.75) is 37.5 Å². The highest BCUT2D eigenvalue weighted by Gasteiger charge is 2.37. The van der Waals surface area contributed by atoms with E-state index in [9.17, 15) is 23.1 Å². The summed E-state index contributed by atoms with van der Waals surface area (Å²) < 4.78 is 40.1. The second kappa shape index (κ2) is 8.07. The van der Waals surface area contributed by atoms with Crippen LogP contribution in [0.3, 0.4) is 0 Å². The predicted octanol–water partition coefficient (Wildman–Crippen LogP) is 5.28. The summed E-state index contributed by atoms with van der Waals surface area (Å²) in [6, 6.07) is 13.1. The number of aliphatic carboxylic acids is 1. The van der Waals surface area contributed by atoms with Gasteiger partial charge in [-0.05, 0) is 54.8 Å². The number of benzene rings is 2. The first-order valence-electron chi connectivity index (χ1n) is 9.85. The van der Waals surface area contributed by atoms with Crippen LogP contribution in [-0.4, -0.2) is 33.5 Å². The van der Waals surface area contributed by atoms with E-state index in [1.165, 1.54) is 6.07 Å². The summed E-state index contributed by atoms with van der Waals surface area (Å²) in [4.78, 5) is 18.2. The van der Waals surface area contributed by atoms with E-state index in [0.29, 0.717) is 24.1 Å². The summed E-state index contributed by atoms with van der Waals surface area (Å²) in [5.41, 5.74) is 1.12. The first-order chi connectivity index (χ1) is 14.3. The first-order valence-corrected chi connectivity index (χ1v) is 9.85. The Morgan fingerprint density at radius 3 is 2.63 bits per heavy atom. The Bertz CT molecular complexity index is 1070. The Morgan fingerprint density at radius 2 is 1.87 bits per heavy atom. The number of halogens is 3. The number of alkyl halides is 3. The highest BCUT2D eigenvalue weighted by atomic mass is 19.4. The number of carboxylic acids is 1. The number of piperidine rings is 1. The zero-order chi connectivity index (χ0) is 21.3. The van der Waals surface area contributed by atoms with Gasteiger partial charge in [0.05, 0.1) is 17.1 Å². The van der Waals surface area contributed by atoms with Gasteiger partial charge in [0.25, 0.3) is 0 Å². The quantitative estimate of drug-likeness (QED) is 0.631. The van der Waals surface area contributed by atoms with Gasteiger partial charge in [-0.3, -0.25) is 14.7 Å². The lowest BCUT2D eigenvalue weighted by Crippen LogP contribution is -2.46. The lowest BCUT2D eigenvalue weighted by atomic mass is 9.91. The average molecular weight is 414 g/mol. The maximum atomic E-state index is 13.4. The first kappa shape index (κ1) is 20.3. The van der Waals surface area contributed by atoms with Crippen molar-refractivity contribution in [2.24, 2.45) is 0 Å². The molecule has 1 aromatic heterocycles. The van der Waals surface area contributed by atoms with E-state index < -0.39 is 29.8 Å². The number of carboxylic acid groups (broad SMARTS) is 1. The average Bonchev–Trinajstić information content (AvgIpc) is 2.74. The van der Waals surface area contributed by atoms with Crippen molar-refractivity contribution in [1.82, 2.24) is 9.88 Å². The van der Waals surface area contributed by atoms with E-state index in [4.69, 9.17) is 0 Å². The van der Waals surface area contributed by atoms with Gasteiger partial charge < -0.3 is 5.11 Å². The van der Waals surface area contributed by atoms with Crippen LogP contribution in [0, 0.1) is 0 Å². The Kier molecular flexibility index (Phi) is 5.47. The predicted molar refractivity (Wildman–Crippen MR) is 107 cm³/mol. The molecule has 1 saturated heterocycles. The number of hydrogen-bond donors (Lipinski definition) is 1. The fraction of sp³-hybridized carbons (Fsp3) is 0.304. The minimum atomic E-state index is -4.48. The number of hydrogen-bond acceptors (Lipinski definition) is 3. The van der Waals surface area contributed by atoms with Crippen LogP contribution >= 0.6 is 0 Å². The van der Waals surface area contributed by atoms with Crippen LogP contribution in [0.2, 0.25) is 0 Å². The normalized spacial score (nSPS) is 19.0. The molecule has 1 N–H and O–H groups in total. The maximum absolute atomic E-state index is 13.4. The molecule has 4 rings (SSSR count). The SMILES string of the molecule is O=C(O)C1CCCCN1C(c1cccc(C(F)(F)F)c1)c1cnc2ccccc2c1. The molecule has 1 aliphatic heterocycles. The molecule has 2 heterocycles. The third-order valence-corrected chi connectivity index (χ3v) is 5.62. The van der Waals surface area contributed by atoms with Crippen molar-refractivity contribution in [3.05, 3.63) is 77.5 Å². The minimum absolute atomic E-state index is 0.412. The van der Waals surface area contributed by atoms with Crippen molar-refractivity contribution < 1.29 is 23.1 Å². The molecule has 0 aliphatic carbocycles. The zero-order valence-corrected chi connectivity index (χ0v) is 16.1. The van der Waals surface area contributed by atoms with Crippen LogP contribution in [0.15, 0.2) is 60.8 Å². The highest BCUT2D eigenvalue weighted by Crippen LogP contribution is 2.37. The number of fused-ring (bicyclic) bond motifs is 1. The lowest BCUT2D eigenvalue weighted by molar-refractivity contribution is -0.145. The molecule has 2 aromatic carbocycles. The third-order valence-electron chi connectivity index (χ3n) is 5.62. The molecule has 0 amide bonds. The molecule has 1 aliphatic rings. The number of nitrogens with zero attached hydrogens (tertiary/aromatic N) is 2. The summed E-state index contributed by atoms with van der Waals surface area (Å²) in [6.07, 6.45) is -0.804. The second-order valence-electron chi connectivity index (χ2n) is 7.57. The molecule has 0 spiro atoms. The van der Waals surface area contributed by atoms with Crippen LogP contribution in [0.5, 0.6) is 0 Å². The van der Waals surface area contributed by atoms with Crippen molar-refractivity contribution >= 4 is 16.9 Å². The van der Waals surface area contributed by atoms with Gasteiger partial charge in [-0.1, -0.05) is 36.8 Å². The standard InChI is InChI=1S/C23H21F3N2O2/c24-23(25,26)18-8-5-7-16(13-18)21(28-11-4-3-10-20(28)22(29)30)17-12-15-6-1-2-9-19(15)27-14-17/h1-2,5-9,12-14,20-21H,3-4,10-11H2,(H,29,30). The maximum Gasteiger partial charge on any atom is 0.416 e. The van der Waals surface area contributed by atoms with Gasteiger partial charge in [-0.15, -0.1) is 0 Å². The number of likely N-dealkylation sites (tertiary alicyclic amines) is 1. The van der Waals surface area contributed by atoms with Gasteiger partial charge in [0, 0.05) is 11.6 Å². The molecule has 156 valence electrons. The molecule has 0 radical (unpaired) electrons. The van der Waals surface area contributed by atoms with Crippen molar-refractivity contribution in [1.29, 1.82) is 0 Å². The number of pyridine rings is 1. The van der Waals surface area contributed by atoms with E-state index in [2.05, 4.69) is 4.98 Å². The summed E-state index contributed by atoms with van der Waals surface area (Å²) in [5, 5.41) is 10.6. The van der Waals surface area contributed by atoms with Gasteiger partial charge in [-0.25, -0.2) is 0 Å². The third kappa shape index (κ3) is 4.03.